The quantitative estimate of drug-likeness (QED) is 0.900. The number of nitrogens with zero attached hydrogens (tertiary/aromatic N) is 2. The topological polar surface area (TPSA) is 47.0 Å². The fourth-order valence-corrected chi connectivity index (χ4v) is 1.45. The first-order valence-corrected chi connectivity index (χ1v) is 5.87. The Bertz CT molecular complexity index is 543. The van der Waals surface area contributed by atoms with E-state index in [0.29, 0.717) is 5.82 Å². The maximum atomic E-state index is 13.0. The molecule has 1 aromatic heterocycles. The lowest BCUT2D eigenvalue weighted by Gasteiger charge is -2.07. The van der Waals surface area contributed by atoms with Crippen LogP contribution in [0.1, 0.15) is 13.3 Å². The Hall–Kier alpha value is -2.24. The molecule has 0 aliphatic heterocycles. The third kappa shape index (κ3) is 3.87. The van der Waals surface area contributed by atoms with Crippen molar-refractivity contribution in [2.75, 3.05) is 11.9 Å². The van der Waals surface area contributed by atoms with E-state index in [4.69, 9.17) is 4.74 Å². The average Bonchev–Trinajstić information content (AvgIpc) is 2.35. The number of halogens is 2. The predicted octanol–water partition coefficient (Wildman–Crippen LogP) is 3.37. The van der Waals surface area contributed by atoms with E-state index >= 15 is 0 Å². The van der Waals surface area contributed by atoms with Gasteiger partial charge in [0.15, 0.2) is 0 Å². The molecule has 100 valence electrons. The minimum Gasteiger partial charge on any atom is -0.439 e. The molecule has 0 aliphatic carbocycles. The number of aromatic nitrogens is 2. The summed E-state index contributed by atoms with van der Waals surface area (Å²) in [7, 11) is 0. The van der Waals surface area contributed by atoms with Gasteiger partial charge in [-0.05, 0) is 6.42 Å². The lowest BCUT2D eigenvalue weighted by atomic mass is 10.3. The Kier molecular flexibility index (Phi) is 4.22. The van der Waals surface area contributed by atoms with Crippen LogP contribution in [0.25, 0.3) is 0 Å². The largest absolute Gasteiger partial charge is 0.439 e. The SMILES string of the molecule is CCCNc1cc(Oc2cc(F)cc(F)c2)ncn1. The van der Waals surface area contributed by atoms with Gasteiger partial charge in [0.05, 0.1) is 0 Å². The van der Waals surface area contributed by atoms with Crippen LogP contribution >= 0.6 is 0 Å². The zero-order valence-electron chi connectivity index (χ0n) is 10.4. The van der Waals surface area contributed by atoms with Gasteiger partial charge in [-0.25, -0.2) is 18.7 Å². The van der Waals surface area contributed by atoms with Crippen LogP contribution in [0.2, 0.25) is 0 Å². The van der Waals surface area contributed by atoms with Crippen LogP contribution < -0.4 is 10.1 Å². The van der Waals surface area contributed by atoms with Crippen molar-refractivity contribution in [2.24, 2.45) is 0 Å². The smallest absolute Gasteiger partial charge is 0.224 e. The second kappa shape index (κ2) is 6.08. The maximum absolute atomic E-state index is 13.0. The van der Waals surface area contributed by atoms with E-state index < -0.39 is 11.6 Å². The van der Waals surface area contributed by atoms with Crippen molar-refractivity contribution < 1.29 is 13.5 Å². The second-order valence-corrected chi connectivity index (χ2v) is 3.88. The average molecular weight is 265 g/mol. The molecule has 0 spiro atoms. The fraction of sp³-hybridized carbons (Fsp3) is 0.231. The summed E-state index contributed by atoms with van der Waals surface area (Å²) in [6.07, 6.45) is 2.28. The summed E-state index contributed by atoms with van der Waals surface area (Å²) >= 11 is 0. The summed E-state index contributed by atoms with van der Waals surface area (Å²) in [5.74, 6) is -0.526. The summed E-state index contributed by atoms with van der Waals surface area (Å²) in [5.41, 5.74) is 0. The number of ether oxygens (including phenoxy) is 1. The van der Waals surface area contributed by atoms with Gasteiger partial charge in [-0.1, -0.05) is 6.92 Å². The standard InChI is InChI=1S/C13H13F2N3O/c1-2-3-16-12-7-13(18-8-17-12)19-11-5-9(14)4-10(15)6-11/h4-8H,2-3H2,1H3,(H,16,17,18). The van der Waals surface area contributed by atoms with Gasteiger partial charge >= 0.3 is 0 Å². The number of benzene rings is 1. The predicted molar refractivity (Wildman–Crippen MR) is 67.2 cm³/mol. The number of hydrogen-bond acceptors (Lipinski definition) is 4. The Labute approximate surface area is 109 Å². The number of hydrogen-bond donors (Lipinski definition) is 1. The van der Waals surface area contributed by atoms with Gasteiger partial charge in [0.1, 0.15) is 29.5 Å². The molecule has 2 aromatic rings. The van der Waals surface area contributed by atoms with Gasteiger partial charge in [-0.2, -0.15) is 0 Å². The third-order valence-electron chi connectivity index (χ3n) is 2.26. The highest BCUT2D eigenvalue weighted by Crippen LogP contribution is 2.22. The molecule has 0 unspecified atom stereocenters. The van der Waals surface area contributed by atoms with Gasteiger partial charge in [0.25, 0.3) is 0 Å². The van der Waals surface area contributed by atoms with Gasteiger partial charge in [0.2, 0.25) is 5.88 Å². The van der Waals surface area contributed by atoms with Crippen LogP contribution in [0.4, 0.5) is 14.6 Å². The highest BCUT2D eigenvalue weighted by Gasteiger charge is 2.05. The Balaban J connectivity index is 2.13. The highest BCUT2D eigenvalue weighted by atomic mass is 19.1. The molecule has 0 saturated heterocycles. The first kappa shape index (κ1) is 13.2. The van der Waals surface area contributed by atoms with Crippen molar-refractivity contribution in [3.8, 4) is 11.6 Å². The summed E-state index contributed by atoms with van der Waals surface area (Å²) in [5, 5.41) is 3.06. The lowest BCUT2D eigenvalue weighted by molar-refractivity contribution is 0.450. The van der Waals surface area contributed by atoms with Crippen LogP contribution in [0.5, 0.6) is 11.6 Å². The molecule has 1 N–H and O–H groups in total. The number of anilines is 1. The normalized spacial score (nSPS) is 10.3. The summed E-state index contributed by atoms with van der Waals surface area (Å²) in [6, 6.07) is 4.52. The van der Waals surface area contributed by atoms with Crippen molar-refractivity contribution in [3.05, 3.63) is 42.2 Å². The zero-order chi connectivity index (χ0) is 13.7. The zero-order valence-corrected chi connectivity index (χ0v) is 10.4. The molecule has 6 heteroatoms. The Morgan fingerprint density at radius 3 is 2.53 bits per heavy atom. The van der Waals surface area contributed by atoms with Crippen LogP contribution in [0.3, 0.4) is 0 Å². The van der Waals surface area contributed by atoms with E-state index in [-0.39, 0.29) is 11.6 Å². The molecular weight excluding hydrogens is 252 g/mol. The first-order chi connectivity index (χ1) is 9.17. The van der Waals surface area contributed by atoms with Gasteiger partial charge in [0, 0.05) is 30.8 Å². The molecule has 0 aliphatic rings. The first-order valence-electron chi connectivity index (χ1n) is 5.87. The fourth-order valence-electron chi connectivity index (χ4n) is 1.45. The maximum Gasteiger partial charge on any atom is 0.224 e. The lowest BCUT2D eigenvalue weighted by Crippen LogP contribution is -2.02. The molecular formula is C13H13F2N3O. The Morgan fingerprint density at radius 2 is 1.84 bits per heavy atom. The molecule has 0 bridgehead atoms. The minimum atomic E-state index is -0.701. The summed E-state index contributed by atoms with van der Waals surface area (Å²) in [6.45, 7) is 2.80. The molecule has 1 aromatic carbocycles. The van der Waals surface area contributed by atoms with E-state index in [1.54, 1.807) is 6.07 Å². The minimum absolute atomic E-state index is 0.0534. The van der Waals surface area contributed by atoms with E-state index in [1.165, 1.54) is 6.33 Å². The van der Waals surface area contributed by atoms with Crippen molar-refractivity contribution in [1.29, 1.82) is 0 Å². The number of nitrogens with one attached hydrogen (secondary N) is 1. The van der Waals surface area contributed by atoms with Crippen molar-refractivity contribution in [3.63, 3.8) is 0 Å². The van der Waals surface area contributed by atoms with Crippen LogP contribution in [-0.2, 0) is 0 Å². The molecule has 0 fully saturated rings. The highest BCUT2D eigenvalue weighted by molar-refractivity contribution is 5.38. The molecule has 0 radical (unpaired) electrons. The molecule has 19 heavy (non-hydrogen) atoms. The monoisotopic (exact) mass is 265 g/mol. The van der Waals surface area contributed by atoms with Gasteiger partial charge < -0.3 is 10.1 Å². The molecule has 0 atom stereocenters. The molecule has 2 rings (SSSR count). The third-order valence-corrected chi connectivity index (χ3v) is 2.26. The van der Waals surface area contributed by atoms with E-state index in [1.807, 2.05) is 6.92 Å². The second-order valence-electron chi connectivity index (χ2n) is 3.88. The van der Waals surface area contributed by atoms with Gasteiger partial charge in [-0.3, -0.25) is 0 Å². The Morgan fingerprint density at radius 1 is 1.11 bits per heavy atom. The van der Waals surface area contributed by atoms with Crippen molar-refractivity contribution >= 4 is 5.82 Å². The summed E-state index contributed by atoms with van der Waals surface area (Å²) in [4.78, 5) is 7.89. The summed E-state index contributed by atoms with van der Waals surface area (Å²) < 4.78 is 31.3. The van der Waals surface area contributed by atoms with Crippen LogP contribution in [-0.4, -0.2) is 16.5 Å². The van der Waals surface area contributed by atoms with Crippen LogP contribution in [0.15, 0.2) is 30.6 Å². The van der Waals surface area contributed by atoms with Crippen LogP contribution in [0, 0.1) is 11.6 Å². The molecule has 0 saturated carbocycles. The van der Waals surface area contributed by atoms with Crippen molar-refractivity contribution in [2.45, 2.75) is 13.3 Å². The van der Waals surface area contributed by atoms with E-state index in [0.717, 1.165) is 31.2 Å². The molecule has 0 amide bonds. The van der Waals surface area contributed by atoms with Gasteiger partial charge in [-0.15, -0.1) is 0 Å². The van der Waals surface area contributed by atoms with E-state index in [2.05, 4.69) is 15.3 Å². The number of rotatable bonds is 5. The van der Waals surface area contributed by atoms with Crippen molar-refractivity contribution in [1.82, 2.24) is 9.97 Å². The molecule has 1 heterocycles. The molecule has 4 nitrogen and oxygen atoms in total. The van der Waals surface area contributed by atoms with E-state index in [9.17, 15) is 8.78 Å².